The highest BCUT2D eigenvalue weighted by atomic mass is 32.2. The summed E-state index contributed by atoms with van der Waals surface area (Å²) in [4.78, 5) is 40.3. The van der Waals surface area contributed by atoms with Crippen LogP contribution in [0.1, 0.15) is 68.8 Å². The highest BCUT2D eigenvalue weighted by Crippen LogP contribution is 2.22. The summed E-state index contributed by atoms with van der Waals surface area (Å²) in [5, 5.41) is 0. The van der Waals surface area contributed by atoms with E-state index in [9.17, 15) is 22.8 Å². The minimum absolute atomic E-state index is 0.0232. The lowest BCUT2D eigenvalue weighted by molar-refractivity contribution is 0.0471. The van der Waals surface area contributed by atoms with Gasteiger partial charge in [-0.3, -0.25) is 4.79 Å². The molecule has 0 aliphatic carbocycles. The van der Waals surface area contributed by atoms with E-state index in [0.29, 0.717) is 29.9 Å². The van der Waals surface area contributed by atoms with Crippen LogP contribution in [0.15, 0.2) is 23.1 Å². The first-order chi connectivity index (χ1) is 15.5. The van der Waals surface area contributed by atoms with Gasteiger partial charge in [0.25, 0.3) is 0 Å². The topological polar surface area (TPSA) is 123 Å². The number of aryl methyl sites for hydroxylation is 2. The second-order valence-corrected chi connectivity index (χ2v) is 9.35. The van der Waals surface area contributed by atoms with Crippen molar-refractivity contribution in [3.8, 4) is 0 Å². The van der Waals surface area contributed by atoms with E-state index in [2.05, 4.69) is 4.98 Å². The van der Waals surface area contributed by atoms with Gasteiger partial charge in [-0.15, -0.1) is 0 Å². The molecular formula is C23H30N2O7S. The molecule has 10 heteroatoms. The van der Waals surface area contributed by atoms with Crippen LogP contribution >= 0.6 is 0 Å². The van der Waals surface area contributed by atoms with Crippen molar-refractivity contribution in [2.24, 2.45) is 0 Å². The summed E-state index contributed by atoms with van der Waals surface area (Å²) >= 11 is 0. The molecular weight excluding hydrogens is 448 g/mol. The lowest BCUT2D eigenvalue weighted by Gasteiger charge is -2.19. The Kier molecular flexibility index (Phi) is 8.57. The standard InChI is InChI=1S/C23H30N2O7S/c1-7-25(8-2)33(29,30)17-11-10-14(4)18(12-17)22(27)32-13-19(26)21-15(5)20(16(6)24-21)23(28)31-9-3/h10-12,24H,7-9,13H2,1-6H3. The normalized spacial score (nSPS) is 11.5. The van der Waals surface area contributed by atoms with Gasteiger partial charge < -0.3 is 14.5 Å². The number of hydrogen-bond donors (Lipinski definition) is 1. The maximum absolute atomic E-state index is 12.8. The van der Waals surface area contributed by atoms with E-state index in [1.54, 1.807) is 41.5 Å². The van der Waals surface area contributed by atoms with Gasteiger partial charge in [-0.2, -0.15) is 4.31 Å². The van der Waals surface area contributed by atoms with Crippen molar-refractivity contribution in [2.45, 2.75) is 46.4 Å². The Hall–Kier alpha value is -2.98. The van der Waals surface area contributed by atoms with E-state index in [1.165, 1.54) is 22.5 Å². The molecule has 1 aromatic carbocycles. The molecule has 0 bridgehead atoms. The summed E-state index contributed by atoms with van der Waals surface area (Å²) < 4.78 is 37.1. The van der Waals surface area contributed by atoms with Gasteiger partial charge in [0.05, 0.1) is 28.3 Å². The van der Waals surface area contributed by atoms with Crippen LogP contribution in [-0.2, 0) is 19.5 Å². The zero-order valence-electron chi connectivity index (χ0n) is 19.8. The maximum atomic E-state index is 12.8. The number of benzene rings is 1. The zero-order chi connectivity index (χ0) is 24.9. The van der Waals surface area contributed by atoms with E-state index in [1.807, 2.05) is 0 Å². The number of Topliss-reactive ketones (excluding diaryl/α,β-unsaturated/α-hetero) is 1. The summed E-state index contributed by atoms with van der Waals surface area (Å²) in [6.07, 6.45) is 0. The molecule has 0 radical (unpaired) electrons. The third-order valence-corrected chi connectivity index (χ3v) is 7.35. The van der Waals surface area contributed by atoms with Crippen LogP contribution in [0.2, 0.25) is 0 Å². The number of nitrogens with one attached hydrogen (secondary N) is 1. The van der Waals surface area contributed by atoms with Gasteiger partial charge in [-0.25, -0.2) is 18.0 Å². The molecule has 2 rings (SSSR count). The van der Waals surface area contributed by atoms with Crippen LogP contribution < -0.4 is 0 Å². The van der Waals surface area contributed by atoms with E-state index >= 15 is 0 Å². The van der Waals surface area contributed by atoms with E-state index < -0.39 is 34.4 Å². The van der Waals surface area contributed by atoms with Crippen LogP contribution in [0.25, 0.3) is 0 Å². The first-order valence-corrected chi connectivity index (χ1v) is 12.1. The van der Waals surface area contributed by atoms with Crippen molar-refractivity contribution >= 4 is 27.7 Å². The Morgan fingerprint density at radius 2 is 1.61 bits per heavy atom. The van der Waals surface area contributed by atoms with Gasteiger partial charge in [-0.05, 0) is 51.0 Å². The van der Waals surface area contributed by atoms with Gasteiger partial charge >= 0.3 is 11.9 Å². The number of nitrogens with zero attached hydrogens (tertiary/aromatic N) is 1. The zero-order valence-corrected chi connectivity index (χ0v) is 20.6. The van der Waals surface area contributed by atoms with Crippen molar-refractivity contribution < 1.29 is 32.3 Å². The number of aromatic amines is 1. The highest BCUT2D eigenvalue weighted by Gasteiger charge is 2.26. The Morgan fingerprint density at radius 3 is 2.18 bits per heavy atom. The molecule has 2 aromatic rings. The van der Waals surface area contributed by atoms with Crippen LogP contribution in [0.4, 0.5) is 0 Å². The van der Waals surface area contributed by atoms with Crippen LogP contribution in [-0.4, -0.2) is 61.7 Å². The first kappa shape index (κ1) is 26.3. The second kappa shape index (κ2) is 10.8. The van der Waals surface area contributed by atoms with Crippen molar-refractivity contribution in [3.05, 3.63) is 51.8 Å². The molecule has 0 fully saturated rings. The number of carbonyl (C=O) groups excluding carboxylic acids is 3. The number of aromatic nitrogens is 1. The number of carbonyl (C=O) groups is 3. The number of esters is 2. The summed E-state index contributed by atoms with van der Waals surface area (Å²) in [6, 6.07) is 4.23. The van der Waals surface area contributed by atoms with Gasteiger partial charge in [0.15, 0.2) is 6.61 Å². The Labute approximate surface area is 194 Å². The third-order valence-electron chi connectivity index (χ3n) is 5.30. The molecule has 0 aliphatic heterocycles. The van der Waals surface area contributed by atoms with E-state index in [-0.39, 0.29) is 28.3 Å². The van der Waals surface area contributed by atoms with E-state index in [4.69, 9.17) is 9.47 Å². The molecule has 0 saturated heterocycles. The molecule has 1 aromatic heterocycles. The third kappa shape index (κ3) is 5.51. The van der Waals surface area contributed by atoms with Gasteiger partial charge in [0, 0.05) is 18.8 Å². The molecule has 1 N–H and O–H groups in total. The predicted octanol–water partition coefficient (Wildman–Crippen LogP) is 3.19. The Bertz CT molecular complexity index is 1160. The predicted molar refractivity (Wildman–Crippen MR) is 122 cm³/mol. The highest BCUT2D eigenvalue weighted by molar-refractivity contribution is 7.89. The average molecular weight is 479 g/mol. The number of H-pyrrole nitrogens is 1. The second-order valence-electron chi connectivity index (χ2n) is 7.41. The molecule has 33 heavy (non-hydrogen) atoms. The SMILES string of the molecule is CCOC(=O)c1c(C)[nH]c(C(=O)COC(=O)c2cc(S(=O)(=O)N(CC)CC)ccc2C)c1C. The average Bonchev–Trinajstić information content (AvgIpc) is 3.06. The largest absolute Gasteiger partial charge is 0.462 e. The van der Waals surface area contributed by atoms with Crippen molar-refractivity contribution in [2.75, 3.05) is 26.3 Å². The number of hydrogen-bond acceptors (Lipinski definition) is 7. The van der Waals surface area contributed by atoms with Gasteiger partial charge in [0.1, 0.15) is 0 Å². The fourth-order valence-corrected chi connectivity index (χ4v) is 5.00. The molecule has 0 aliphatic rings. The van der Waals surface area contributed by atoms with Crippen molar-refractivity contribution in [3.63, 3.8) is 0 Å². The minimum Gasteiger partial charge on any atom is -0.462 e. The van der Waals surface area contributed by atoms with Crippen LogP contribution in [0, 0.1) is 20.8 Å². The van der Waals surface area contributed by atoms with Crippen LogP contribution in [0.3, 0.4) is 0 Å². The summed E-state index contributed by atoms with van der Waals surface area (Å²) in [5.41, 5.74) is 1.89. The molecule has 0 spiro atoms. The molecule has 0 unspecified atom stereocenters. The lowest BCUT2D eigenvalue weighted by Crippen LogP contribution is -2.30. The molecule has 0 amide bonds. The van der Waals surface area contributed by atoms with Crippen LogP contribution in [0.5, 0.6) is 0 Å². The minimum atomic E-state index is -3.76. The van der Waals surface area contributed by atoms with E-state index in [0.717, 1.165) is 0 Å². The fourth-order valence-electron chi connectivity index (χ4n) is 3.51. The van der Waals surface area contributed by atoms with Crippen molar-refractivity contribution in [1.29, 1.82) is 0 Å². The molecule has 0 saturated carbocycles. The maximum Gasteiger partial charge on any atom is 0.340 e. The Morgan fingerprint density at radius 1 is 0.970 bits per heavy atom. The first-order valence-electron chi connectivity index (χ1n) is 10.7. The summed E-state index contributed by atoms with van der Waals surface area (Å²) in [5.74, 6) is -1.88. The smallest absolute Gasteiger partial charge is 0.340 e. The molecule has 0 atom stereocenters. The number of ether oxygens (including phenoxy) is 2. The van der Waals surface area contributed by atoms with Gasteiger partial charge in [-0.1, -0.05) is 19.9 Å². The monoisotopic (exact) mass is 478 g/mol. The molecule has 1 heterocycles. The molecule has 180 valence electrons. The quantitative estimate of drug-likeness (QED) is 0.411. The number of rotatable bonds is 10. The fraction of sp³-hybridized carbons (Fsp3) is 0.435. The summed E-state index contributed by atoms with van der Waals surface area (Å²) in [6.45, 7) is 10.3. The van der Waals surface area contributed by atoms with Crippen molar-refractivity contribution in [1.82, 2.24) is 9.29 Å². The summed E-state index contributed by atoms with van der Waals surface area (Å²) in [7, 11) is -3.76. The number of sulfonamides is 1. The lowest BCUT2D eigenvalue weighted by atomic mass is 10.1. The number of ketones is 1. The molecule has 9 nitrogen and oxygen atoms in total. The van der Waals surface area contributed by atoms with Gasteiger partial charge in [0.2, 0.25) is 15.8 Å². The Balaban J connectivity index is 2.23.